The van der Waals surface area contributed by atoms with Crippen LogP contribution in [0.2, 0.25) is 0 Å². The largest absolute Gasteiger partial charge is 0.385 e. The van der Waals surface area contributed by atoms with E-state index in [0.717, 1.165) is 45.5 Å². The lowest BCUT2D eigenvalue weighted by atomic mass is 9.89. The standard InChI is InChI=1S/C51H77N5O6S3/c1-36(2)42-32-46(38(5)6)50(47(33-42)39(7)8)64(59,60)55-28-15-13-26-54(63(57,58)45-22-20-44(21-23-45)53-25-19-24-52)27-14-16-29-56(31-18-17-30-55)65(61,62)51-48(40(9)10)34-43(37(3)4)35-49(51)41(11)12/h13-18,20-23,32-41,53H,19,24-31,52H2,1-12H3/b15-13-,16-14+,18-17+. The van der Waals surface area contributed by atoms with Gasteiger partial charge in [-0.3, -0.25) is 0 Å². The second kappa shape index (κ2) is 23.4. The van der Waals surface area contributed by atoms with Crippen molar-refractivity contribution >= 4 is 35.8 Å². The zero-order chi connectivity index (χ0) is 48.4. The van der Waals surface area contributed by atoms with Gasteiger partial charge in [-0.25, -0.2) is 25.3 Å². The fraction of sp³-hybridized carbons (Fsp3) is 0.529. The third-order valence-electron chi connectivity index (χ3n) is 11.9. The summed E-state index contributed by atoms with van der Waals surface area (Å²) in [7, 11) is -12.4. The molecule has 0 aliphatic carbocycles. The van der Waals surface area contributed by atoms with Crippen LogP contribution in [0, 0.1) is 0 Å². The molecular formula is C51H77N5O6S3. The first kappa shape index (κ1) is 54.0. The van der Waals surface area contributed by atoms with Gasteiger partial charge in [0.1, 0.15) is 0 Å². The Kier molecular flexibility index (Phi) is 19.4. The lowest BCUT2D eigenvalue weighted by Gasteiger charge is -2.28. The van der Waals surface area contributed by atoms with Crippen LogP contribution in [0.4, 0.5) is 5.69 Å². The quantitative estimate of drug-likeness (QED) is 0.106. The van der Waals surface area contributed by atoms with E-state index >= 15 is 16.8 Å². The lowest BCUT2D eigenvalue weighted by molar-refractivity contribution is 0.462. The van der Waals surface area contributed by atoms with Crippen molar-refractivity contribution in [3.05, 3.63) is 118 Å². The van der Waals surface area contributed by atoms with Gasteiger partial charge in [0, 0.05) is 51.5 Å². The molecule has 3 aromatic rings. The average molecular weight is 952 g/mol. The molecule has 4 rings (SSSR count). The van der Waals surface area contributed by atoms with Gasteiger partial charge in [-0.05, 0) is 106 Å². The van der Waals surface area contributed by atoms with Crippen molar-refractivity contribution < 1.29 is 25.3 Å². The number of nitrogens with one attached hydrogen (secondary N) is 1. The van der Waals surface area contributed by atoms with Crippen LogP contribution in [-0.2, 0) is 30.1 Å². The molecule has 0 saturated heterocycles. The molecule has 360 valence electrons. The van der Waals surface area contributed by atoms with Gasteiger partial charge >= 0.3 is 0 Å². The summed E-state index contributed by atoms with van der Waals surface area (Å²) in [6, 6.07) is 14.6. The first-order chi connectivity index (χ1) is 30.5. The average Bonchev–Trinajstić information content (AvgIpc) is 3.25. The summed E-state index contributed by atoms with van der Waals surface area (Å²) < 4.78 is 93.3. The minimum Gasteiger partial charge on any atom is -0.385 e. The molecule has 0 spiro atoms. The molecule has 0 fully saturated rings. The molecule has 1 heterocycles. The summed E-state index contributed by atoms with van der Waals surface area (Å²) in [6.07, 6.45) is 11.0. The second-order valence-electron chi connectivity index (χ2n) is 19.0. The molecule has 0 bridgehead atoms. The van der Waals surface area contributed by atoms with Gasteiger partial charge in [-0.1, -0.05) is 144 Å². The zero-order valence-electron chi connectivity index (χ0n) is 41.0. The van der Waals surface area contributed by atoms with Crippen molar-refractivity contribution in [2.75, 3.05) is 57.7 Å². The van der Waals surface area contributed by atoms with Crippen molar-refractivity contribution in [2.24, 2.45) is 5.73 Å². The maximum absolute atomic E-state index is 15.1. The number of hydrogen-bond acceptors (Lipinski definition) is 8. The molecular weight excluding hydrogens is 875 g/mol. The van der Waals surface area contributed by atoms with Crippen LogP contribution in [0.25, 0.3) is 0 Å². The van der Waals surface area contributed by atoms with E-state index in [1.807, 2.05) is 79.7 Å². The van der Waals surface area contributed by atoms with Gasteiger partial charge in [0.15, 0.2) is 0 Å². The maximum Gasteiger partial charge on any atom is 0.244 e. The molecule has 0 amide bonds. The molecule has 3 aromatic carbocycles. The van der Waals surface area contributed by atoms with E-state index in [1.54, 1.807) is 60.7 Å². The highest BCUT2D eigenvalue weighted by atomic mass is 32.2. The van der Waals surface area contributed by atoms with Crippen LogP contribution in [0.3, 0.4) is 0 Å². The summed E-state index contributed by atoms with van der Waals surface area (Å²) in [4.78, 5) is 0.675. The van der Waals surface area contributed by atoms with Gasteiger partial charge in [-0.2, -0.15) is 12.9 Å². The molecule has 3 N–H and O–H groups in total. The van der Waals surface area contributed by atoms with E-state index in [1.165, 1.54) is 12.9 Å². The number of rotatable bonds is 16. The molecule has 0 unspecified atom stereocenters. The zero-order valence-corrected chi connectivity index (χ0v) is 43.5. The molecule has 0 radical (unpaired) electrons. The van der Waals surface area contributed by atoms with Crippen molar-refractivity contribution in [1.82, 2.24) is 12.9 Å². The summed E-state index contributed by atoms with van der Waals surface area (Å²) in [6.45, 7) is 25.4. The first-order valence-corrected chi connectivity index (χ1v) is 27.6. The molecule has 0 atom stereocenters. The number of nitrogens with two attached hydrogens (primary N) is 1. The Morgan fingerprint density at radius 3 is 1.02 bits per heavy atom. The summed E-state index contributed by atoms with van der Waals surface area (Å²) >= 11 is 0. The van der Waals surface area contributed by atoms with Gasteiger partial charge < -0.3 is 11.1 Å². The molecule has 0 aromatic heterocycles. The van der Waals surface area contributed by atoms with E-state index in [4.69, 9.17) is 5.73 Å². The van der Waals surface area contributed by atoms with Gasteiger partial charge in [0.2, 0.25) is 30.1 Å². The molecule has 1 aliphatic heterocycles. The topological polar surface area (TPSA) is 150 Å². The van der Waals surface area contributed by atoms with E-state index in [9.17, 15) is 8.42 Å². The van der Waals surface area contributed by atoms with Crippen LogP contribution in [-0.4, -0.2) is 90.5 Å². The highest BCUT2D eigenvalue weighted by Crippen LogP contribution is 2.38. The van der Waals surface area contributed by atoms with Crippen LogP contribution in [0.15, 0.2) is 99.7 Å². The monoisotopic (exact) mass is 952 g/mol. The summed E-state index contributed by atoms with van der Waals surface area (Å²) in [5, 5.41) is 3.25. The van der Waals surface area contributed by atoms with Crippen LogP contribution in [0.5, 0.6) is 0 Å². The van der Waals surface area contributed by atoms with Crippen molar-refractivity contribution in [3.63, 3.8) is 0 Å². The fourth-order valence-electron chi connectivity index (χ4n) is 7.83. The first-order valence-electron chi connectivity index (χ1n) is 23.3. The van der Waals surface area contributed by atoms with Crippen molar-refractivity contribution in [3.8, 4) is 0 Å². The van der Waals surface area contributed by atoms with Gasteiger partial charge in [-0.15, -0.1) is 0 Å². The predicted octanol–water partition coefficient (Wildman–Crippen LogP) is 10.2. The van der Waals surface area contributed by atoms with E-state index < -0.39 is 30.1 Å². The number of hydrogen-bond donors (Lipinski definition) is 2. The second-order valence-corrected chi connectivity index (χ2v) is 24.6. The van der Waals surface area contributed by atoms with Gasteiger partial charge in [0.25, 0.3) is 0 Å². The summed E-state index contributed by atoms with van der Waals surface area (Å²) in [5.41, 5.74) is 11.5. The Balaban J connectivity index is 1.90. The van der Waals surface area contributed by atoms with E-state index in [0.29, 0.717) is 13.1 Å². The molecule has 0 saturated carbocycles. The molecule has 11 nitrogen and oxygen atoms in total. The highest BCUT2D eigenvalue weighted by molar-refractivity contribution is 7.89. The van der Waals surface area contributed by atoms with Crippen molar-refractivity contribution in [1.29, 1.82) is 0 Å². The van der Waals surface area contributed by atoms with Crippen LogP contribution < -0.4 is 11.1 Å². The third-order valence-corrected chi connectivity index (χ3v) is 17.7. The van der Waals surface area contributed by atoms with Crippen LogP contribution in [0.1, 0.15) is 158 Å². The number of sulfonamides is 3. The fourth-order valence-corrected chi connectivity index (χ4v) is 13.2. The maximum atomic E-state index is 15.1. The Morgan fingerprint density at radius 1 is 0.462 bits per heavy atom. The molecule has 65 heavy (non-hydrogen) atoms. The third kappa shape index (κ3) is 13.3. The number of benzene rings is 3. The Hall–Kier alpha value is -3.63. The smallest absolute Gasteiger partial charge is 0.244 e. The Labute approximate surface area is 393 Å². The van der Waals surface area contributed by atoms with Crippen molar-refractivity contribution in [2.45, 2.75) is 140 Å². The minimum absolute atomic E-state index is 0.0390. The molecule has 14 heteroatoms. The highest BCUT2D eigenvalue weighted by Gasteiger charge is 2.34. The SMILES string of the molecule is CC(C)c1cc(C(C)C)c(S(=O)(=O)N2C/C=C\CN(S(=O)(=O)c3ccc(NCCCN)cc3)C/C=C/CN(S(=O)(=O)c3c(C(C)C)cc(C(C)C)cc3C(C)C)C/C=C/C2)c(C(C)C)c1. The van der Waals surface area contributed by atoms with E-state index in [2.05, 4.69) is 33.0 Å². The number of nitrogens with zero attached hydrogens (tertiary/aromatic N) is 3. The number of anilines is 1. The Bertz CT molecular complexity index is 2300. The normalized spacial score (nSPS) is 17.6. The Morgan fingerprint density at radius 2 is 0.754 bits per heavy atom. The summed E-state index contributed by atoms with van der Waals surface area (Å²) in [5.74, 6) is 0.0211. The molecule has 1 aliphatic rings. The predicted molar refractivity (Wildman–Crippen MR) is 270 cm³/mol. The van der Waals surface area contributed by atoms with Gasteiger partial charge in [0.05, 0.1) is 14.7 Å². The minimum atomic E-state index is -4.15. The van der Waals surface area contributed by atoms with E-state index in [-0.39, 0.29) is 89.5 Å². The van der Waals surface area contributed by atoms with Crippen LogP contribution >= 0.6 is 0 Å². The lowest BCUT2D eigenvalue weighted by Crippen LogP contribution is -2.34.